The Morgan fingerprint density at radius 3 is 2.15 bits per heavy atom. The zero-order valence-electron chi connectivity index (χ0n) is 12.9. The van der Waals surface area contributed by atoms with Crippen molar-refractivity contribution in [1.82, 2.24) is 4.98 Å². The molecule has 1 aromatic heterocycles. The van der Waals surface area contributed by atoms with Crippen LogP contribution >= 0.6 is 0 Å². The van der Waals surface area contributed by atoms with E-state index in [1.807, 2.05) is 6.92 Å². The molecule has 2 saturated heterocycles. The molecule has 0 N–H and O–H groups in total. The number of hydrogen-bond donors (Lipinski definition) is 0. The molecule has 0 unspecified atom stereocenters. The van der Waals surface area contributed by atoms with Crippen molar-refractivity contribution >= 4 is 12.6 Å². The lowest BCUT2D eigenvalue weighted by Crippen LogP contribution is -2.41. The van der Waals surface area contributed by atoms with E-state index in [1.54, 1.807) is 0 Å². The summed E-state index contributed by atoms with van der Waals surface area (Å²) >= 11 is 0. The molecule has 2 aliphatic heterocycles. The van der Waals surface area contributed by atoms with Gasteiger partial charge in [0.2, 0.25) is 0 Å². The Bertz CT molecular complexity index is 510. The summed E-state index contributed by atoms with van der Waals surface area (Å²) < 4.78 is 17.4. The van der Waals surface area contributed by atoms with E-state index in [2.05, 4.69) is 39.8 Å². The fourth-order valence-corrected chi connectivity index (χ4v) is 2.44. The van der Waals surface area contributed by atoms with Gasteiger partial charge in [-0.25, -0.2) is 0 Å². The standard InChI is InChI=1S/C15H22BNO3/c1-10-12(6-7-13(17-10)11-8-18-9-11)16-19-14(2,3)15(4,5)20-16/h6-7,11H,8-9H2,1-5H3. The van der Waals surface area contributed by atoms with E-state index in [1.165, 1.54) is 0 Å². The van der Waals surface area contributed by atoms with Crippen LogP contribution in [0.15, 0.2) is 12.1 Å². The summed E-state index contributed by atoms with van der Waals surface area (Å²) in [6, 6.07) is 4.15. The first-order valence-electron chi connectivity index (χ1n) is 7.21. The minimum Gasteiger partial charge on any atom is -0.399 e. The Morgan fingerprint density at radius 1 is 1.10 bits per heavy atom. The van der Waals surface area contributed by atoms with Gasteiger partial charge in [0.05, 0.1) is 24.4 Å². The SMILES string of the molecule is Cc1nc(C2COC2)ccc1B1OC(C)(C)C(C)(C)O1. The van der Waals surface area contributed by atoms with Gasteiger partial charge in [0, 0.05) is 22.8 Å². The average molecular weight is 275 g/mol. The van der Waals surface area contributed by atoms with Crippen LogP contribution in [0.3, 0.4) is 0 Å². The average Bonchev–Trinajstić information content (AvgIpc) is 2.45. The van der Waals surface area contributed by atoms with Crippen LogP contribution in [-0.2, 0) is 14.0 Å². The van der Waals surface area contributed by atoms with Crippen LogP contribution < -0.4 is 5.46 Å². The second-order valence-corrected chi connectivity index (χ2v) is 6.73. The number of nitrogens with zero attached hydrogens (tertiary/aromatic N) is 1. The quantitative estimate of drug-likeness (QED) is 0.772. The molecule has 3 heterocycles. The van der Waals surface area contributed by atoms with Crippen LogP contribution in [0.25, 0.3) is 0 Å². The summed E-state index contributed by atoms with van der Waals surface area (Å²) in [6.07, 6.45) is 0. The molecule has 0 saturated carbocycles. The van der Waals surface area contributed by atoms with Gasteiger partial charge in [-0.3, -0.25) is 4.98 Å². The van der Waals surface area contributed by atoms with Gasteiger partial charge in [-0.15, -0.1) is 0 Å². The lowest BCUT2D eigenvalue weighted by Gasteiger charge is -2.32. The van der Waals surface area contributed by atoms with E-state index in [9.17, 15) is 0 Å². The number of pyridine rings is 1. The van der Waals surface area contributed by atoms with E-state index < -0.39 is 0 Å². The smallest absolute Gasteiger partial charge is 0.399 e. The van der Waals surface area contributed by atoms with Crippen LogP contribution in [0.1, 0.15) is 45.0 Å². The van der Waals surface area contributed by atoms with Crippen molar-refractivity contribution in [2.45, 2.75) is 51.7 Å². The summed E-state index contributed by atoms with van der Waals surface area (Å²) in [5, 5.41) is 0. The zero-order valence-corrected chi connectivity index (χ0v) is 12.9. The number of aromatic nitrogens is 1. The highest BCUT2D eigenvalue weighted by Gasteiger charge is 2.52. The first-order valence-corrected chi connectivity index (χ1v) is 7.21. The summed E-state index contributed by atoms with van der Waals surface area (Å²) in [5.41, 5.74) is 2.48. The van der Waals surface area contributed by atoms with E-state index >= 15 is 0 Å². The Labute approximate surface area is 121 Å². The van der Waals surface area contributed by atoms with E-state index in [0.29, 0.717) is 5.92 Å². The summed E-state index contributed by atoms with van der Waals surface area (Å²) in [6.45, 7) is 11.8. The maximum Gasteiger partial charge on any atom is 0.496 e. The third kappa shape index (κ3) is 2.18. The number of rotatable bonds is 2. The van der Waals surface area contributed by atoms with Crippen molar-refractivity contribution in [3.63, 3.8) is 0 Å². The molecule has 5 heteroatoms. The molecular weight excluding hydrogens is 253 g/mol. The third-order valence-electron chi connectivity index (χ3n) is 4.71. The molecule has 0 aromatic carbocycles. The first-order chi connectivity index (χ1) is 9.30. The van der Waals surface area contributed by atoms with Crippen molar-refractivity contribution in [3.05, 3.63) is 23.5 Å². The minimum atomic E-state index is -0.334. The van der Waals surface area contributed by atoms with Crippen LogP contribution in [-0.4, -0.2) is 36.5 Å². The molecular formula is C15H22BNO3. The molecule has 2 fully saturated rings. The van der Waals surface area contributed by atoms with Gasteiger partial charge in [-0.2, -0.15) is 0 Å². The van der Waals surface area contributed by atoms with Gasteiger partial charge in [-0.05, 0) is 40.7 Å². The van der Waals surface area contributed by atoms with Crippen molar-refractivity contribution in [2.24, 2.45) is 0 Å². The second-order valence-electron chi connectivity index (χ2n) is 6.73. The fourth-order valence-electron chi connectivity index (χ4n) is 2.44. The largest absolute Gasteiger partial charge is 0.496 e. The van der Waals surface area contributed by atoms with Gasteiger partial charge >= 0.3 is 7.12 Å². The highest BCUT2D eigenvalue weighted by Crippen LogP contribution is 2.36. The molecule has 0 atom stereocenters. The fraction of sp³-hybridized carbons (Fsp3) is 0.667. The Hall–Kier alpha value is -0.905. The topological polar surface area (TPSA) is 40.6 Å². The molecule has 108 valence electrons. The molecule has 0 radical (unpaired) electrons. The third-order valence-corrected chi connectivity index (χ3v) is 4.71. The monoisotopic (exact) mass is 275 g/mol. The van der Waals surface area contributed by atoms with Crippen LogP contribution in [0.4, 0.5) is 0 Å². The van der Waals surface area contributed by atoms with Gasteiger partial charge in [0.1, 0.15) is 0 Å². The van der Waals surface area contributed by atoms with Gasteiger partial charge in [-0.1, -0.05) is 6.07 Å². The molecule has 0 bridgehead atoms. The molecule has 3 rings (SSSR count). The van der Waals surface area contributed by atoms with Crippen molar-refractivity contribution in [2.75, 3.05) is 13.2 Å². The molecule has 0 amide bonds. The molecule has 0 aliphatic carbocycles. The summed E-state index contributed by atoms with van der Waals surface area (Å²) in [7, 11) is -0.334. The van der Waals surface area contributed by atoms with E-state index in [0.717, 1.165) is 30.1 Å². The van der Waals surface area contributed by atoms with Crippen molar-refractivity contribution in [3.8, 4) is 0 Å². The number of hydrogen-bond acceptors (Lipinski definition) is 4. The molecule has 4 nitrogen and oxygen atoms in total. The lowest BCUT2D eigenvalue weighted by atomic mass is 9.77. The molecule has 20 heavy (non-hydrogen) atoms. The Balaban J connectivity index is 1.85. The van der Waals surface area contributed by atoms with Gasteiger partial charge in [0.15, 0.2) is 0 Å². The number of aryl methyl sites for hydroxylation is 1. The summed E-state index contributed by atoms with van der Waals surface area (Å²) in [4.78, 5) is 4.70. The van der Waals surface area contributed by atoms with Gasteiger partial charge in [0.25, 0.3) is 0 Å². The number of ether oxygens (including phenoxy) is 1. The first kappa shape index (κ1) is 14.0. The minimum absolute atomic E-state index is 0.315. The summed E-state index contributed by atoms with van der Waals surface area (Å²) in [5.74, 6) is 0.445. The normalized spacial score (nSPS) is 24.8. The molecule has 0 spiro atoms. The van der Waals surface area contributed by atoms with Crippen LogP contribution in [0.2, 0.25) is 0 Å². The van der Waals surface area contributed by atoms with Crippen LogP contribution in [0.5, 0.6) is 0 Å². The Kier molecular flexibility index (Phi) is 3.20. The Morgan fingerprint density at radius 2 is 1.70 bits per heavy atom. The van der Waals surface area contributed by atoms with E-state index in [-0.39, 0.29) is 18.3 Å². The highest BCUT2D eigenvalue weighted by atomic mass is 16.7. The maximum absolute atomic E-state index is 6.08. The predicted molar refractivity (Wildman–Crippen MR) is 78.3 cm³/mol. The molecule has 1 aromatic rings. The zero-order chi connectivity index (χ0) is 14.5. The van der Waals surface area contributed by atoms with Crippen molar-refractivity contribution < 1.29 is 14.0 Å². The van der Waals surface area contributed by atoms with Crippen LogP contribution in [0, 0.1) is 6.92 Å². The lowest BCUT2D eigenvalue weighted by molar-refractivity contribution is 0.00578. The van der Waals surface area contributed by atoms with Crippen molar-refractivity contribution in [1.29, 1.82) is 0 Å². The van der Waals surface area contributed by atoms with E-state index in [4.69, 9.17) is 19.0 Å². The highest BCUT2D eigenvalue weighted by molar-refractivity contribution is 6.62. The predicted octanol–water partition coefficient (Wildman–Crippen LogP) is 1.80. The van der Waals surface area contributed by atoms with Gasteiger partial charge < -0.3 is 14.0 Å². The maximum atomic E-state index is 6.08. The second kappa shape index (κ2) is 4.55. The molecule has 2 aliphatic rings.